The summed E-state index contributed by atoms with van der Waals surface area (Å²) in [4.78, 5) is 34.2. The van der Waals surface area contributed by atoms with Crippen molar-refractivity contribution in [1.82, 2.24) is 25.2 Å². The minimum Gasteiger partial charge on any atom is -0.476 e. The maximum absolute atomic E-state index is 11.7. The van der Waals surface area contributed by atoms with Crippen molar-refractivity contribution >= 4 is 18.1 Å². The van der Waals surface area contributed by atoms with Gasteiger partial charge in [-0.25, -0.2) is 19.1 Å². The van der Waals surface area contributed by atoms with Gasteiger partial charge in [0.2, 0.25) is 0 Å². The molecule has 0 radical (unpaired) electrons. The first kappa shape index (κ1) is 14.6. The zero-order valence-electron chi connectivity index (χ0n) is 10.9. The van der Waals surface area contributed by atoms with Crippen molar-refractivity contribution in [2.75, 3.05) is 26.2 Å². The molecule has 1 aliphatic heterocycles. The molecule has 4 N–H and O–H groups in total. The number of hydrogen-bond donors (Lipinski definition) is 3. The lowest BCUT2D eigenvalue weighted by Gasteiger charge is -2.38. The van der Waals surface area contributed by atoms with Crippen LogP contribution in [0.4, 0.5) is 9.59 Å². The number of carbonyl (C=O) groups is 3. The fourth-order valence-electron chi connectivity index (χ4n) is 1.76. The van der Waals surface area contributed by atoms with E-state index in [4.69, 9.17) is 10.8 Å². The number of carboxylic acids is 1. The zero-order valence-corrected chi connectivity index (χ0v) is 10.9. The van der Waals surface area contributed by atoms with Crippen molar-refractivity contribution in [2.45, 2.75) is 6.04 Å². The predicted octanol–water partition coefficient (Wildman–Crippen LogP) is -1.36. The number of nitrogens with zero attached hydrogens (tertiary/aromatic N) is 4. The number of urea groups is 1. The van der Waals surface area contributed by atoms with Crippen molar-refractivity contribution in [1.29, 1.82) is 0 Å². The number of amides is 3. The number of ether oxygens (including phenoxy) is 1. The largest absolute Gasteiger partial charge is 0.476 e. The number of primary amides is 1. The van der Waals surface area contributed by atoms with Crippen LogP contribution in [0.5, 0.6) is 0 Å². The van der Waals surface area contributed by atoms with Crippen molar-refractivity contribution < 1.29 is 24.2 Å². The highest BCUT2D eigenvalue weighted by atomic mass is 16.5. The minimum absolute atomic E-state index is 0.00336. The van der Waals surface area contributed by atoms with Gasteiger partial charge in [-0.2, -0.15) is 0 Å². The Morgan fingerprint density at radius 3 is 2.76 bits per heavy atom. The van der Waals surface area contributed by atoms with Gasteiger partial charge in [0, 0.05) is 13.1 Å². The van der Waals surface area contributed by atoms with Crippen LogP contribution in [0.2, 0.25) is 0 Å². The minimum atomic E-state index is -1.15. The molecule has 0 saturated carbocycles. The molecule has 114 valence electrons. The molecular weight excluding hydrogens is 284 g/mol. The molecule has 0 spiro atoms. The molecule has 1 aliphatic rings. The van der Waals surface area contributed by atoms with Crippen molar-refractivity contribution in [2.24, 2.45) is 5.73 Å². The number of carboxylic acid groups (broad SMARTS) is 1. The third-order valence-electron chi connectivity index (χ3n) is 2.88. The van der Waals surface area contributed by atoms with Gasteiger partial charge in [0.15, 0.2) is 5.69 Å². The highest BCUT2D eigenvalue weighted by Gasteiger charge is 2.33. The number of rotatable bonds is 5. The number of nitrogens with one attached hydrogen (secondary N) is 1. The maximum Gasteiger partial charge on any atom is 0.404 e. The highest BCUT2D eigenvalue weighted by molar-refractivity contribution is 5.84. The second kappa shape index (κ2) is 6.07. The summed E-state index contributed by atoms with van der Waals surface area (Å²) in [5.41, 5.74) is 4.63. The van der Waals surface area contributed by atoms with E-state index in [1.807, 2.05) is 0 Å². The van der Waals surface area contributed by atoms with Gasteiger partial charge in [0.05, 0.1) is 18.8 Å². The Balaban J connectivity index is 1.71. The lowest BCUT2D eigenvalue weighted by molar-refractivity contribution is 0.0690. The van der Waals surface area contributed by atoms with E-state index in [9.17, 15) is 14.4 Å². The first-order valence-corrected chi connectivity index (χ1v) is 6.07. The summed E-state index contributed by atoms with van der Waals surface area (Å²) in [6, 6.07) is -0.406. The van der Waals surface area contributed by atoms with Gasteiger partial charge in [-0.05, 0) is 0 Å². The first-order chi connectivity index (χ1) is 9.97. The van der Waals surface area contributed by atoms with Gasteiger partial charge in [-0.1, -0.05) is 5.21 Å². The van der Waals surface area contributed by atoms with Crippen molar-refractivity contribution in [3.05, 3.63) is 11.9 Å². The number of carbonyl (C=O) groups excluding carboxylic acids is 2. The third-order valence-corrected chi connectivity index (χ3v) is 2.88. The number of aromatic carboxylic acids is 1. The van der Waals surface area contributed by atoms with Gasteiger partial charge in [-0.15, -0.1) is 5.10 Å². The second-order valence-corrected chi connectivity index (χ2v) is 4.35. The van der Waals surface area contributed by atoms with Crippen LogP contribution in [0.25, 0.3) is 0 Å². The molecule has 0 atom stereocenters. The molecule has 11 heteroatoms. The van der Waals surface area contributed by atoms with Crippen LogP contribution in [0, 0.1) is 0 Å². The summed E-state index contributed by atoms with van der Waals surface area (Å²) >= 11 is 0. The molecule has 11 nitrogen and oxygen atoms in total. The van der Waals surface area contributed by atoms with Crippen LogP contribution in [-0.4, -0.2) is 69.3 Å². The summed E-state index contributed by atoms with van der Waals surface area (Å²) in [5, 5.41) is 18.5. The van der Waals surface area contributed by atoms with Crippen LogP contribution in [0.3, 0.4) is 0 Å². The van der Waals surface area contributed by atoms with Crippen LogP contribution in [0.15, 0.2) is 6.20 Å². The monoisotopic (exact) mass is 298 g/mol. The fourth-order valence-corrected chi connectivity index (χ4v) is 1.76. The molecule has 1 aromatic rings. The molecule has 2 rings (SSSR count). The van der Waals surface area contributed by atoms with Gasteiger partial charge < -0.3 is 25.8 Å². The molecule has 0 aliphatic carbocycles. The Kier molecular flexibility index (Phi) is 4.21. The Bertz CT molecular complexity index is 552. The number of aromatic nitrogens is 3. The predicted molar refractivity (Wildman–Crippen MR) is 66.5 cm³/mol. The van der Waals surface area contributed by atoms with Crippen molar-refractivity contribution in [3.8, 4) is 0 Å². The normalized spacial score (nSPS) is 14.4. The second-order valence-electron chi connectivity index (χ2n) is 4.35. The van der Waals surface area contributed by atoms with Crippen LogP contribution in [-0.2, 0) is 4.74 Å². The molecule has 2 heterocycles. The van der Waals surface area contributed by atoms with Crippen LogP contribution < -0.4 is 11.1 Å². The SMILES string of the molecule is NC(=O)OCCNC(=O)N1CC(n2cc(C(=O)O)nn2)C1. The Morgan fingerprint density at radius 2 is 2.19 bits per heavy atom. The van der Waals surface area contributed by atoms with Gasteiger partial charge in [-0.3, -0.25) is 0 Å². The summed E-state index contributed by atoms with van der Waals surface area (Å²) in [7, 11) is 0. The summed E-state index contributed by atoms with van der Waals surface area (Å²) < 4.78 is 5.89. The third kappa shape index (κ3) is 3.58. The Morgan fingerprint density at radius 1 is 1.48 bits per heavy atom. The van der Waals surface area contributed by atoms with E-state index in [0.717, 1.165) is 0 Å². The number of hydrogen-bond acceptors (Lipinski definition) is 6. The number of nitrogens with two attached hydrogens (primary N) is 1. The smallest absolute Gasteiger partial charge is 0.404 e. The highest BCUT2D eigenvalue weighted by Crippen LogP contribution is 2.20. The Hall–Kier alpha value is -2.85. The molecule has 0 unspecified atom stereocenters. The van der Waals surface area contributed by atoms with Gasteiger partial charge in [0.1, 0.15) is 6.61 Å². The standard InChI is InChI=1S/C10H14N6O5/c11-9(19)21-2-1-12-10(20)15-3-6(4-15)16-5-7(8(17)18)13-14-16/h5-6H,1-4H2,(H2,11,19)(H,12,20)(H,17,18). The molecule has 1 aromatic heterocycles. The molecule has 1 fully saturated rings. The van der Waals surface area contributed by atoms with E-state index in [1.165, 1.54) is 15.8 Å². The molecular formula is C10H14N6O5. The fraction of sp³-hybridized carbons (Fsp3) is 0.500. The lowest BCUT2D eigenvalue weighted by atomic mass is 10.1. The average molecular weight is 298 g/mol. The topological polar surface area (TPSA) is 153 Å². The molecule has 21 heavy (non-hydrogen) atoms. The molecule has 1 saturated heterocycles. The van der Waals surface area contributed by atoms with E-state index in [-0.39, 0.29) is 30.9 Å². The quantitative estimate of drug-likeness (QED) is 0.567. The summed E-state index contributed by atoms with van der Waals surface area (Å²) in [6.07, 6.45) is 0.428. The first-order valence-electron chi connectivity index (χ1n) is 6.07. The van der Waals surface area contributed by atoms with E-state index >= 15 is 0 Å². The molecule has 0 aromatic carbocycles. The Labute approximate surface area is 118 Å². The van der Waals surface area contributed by atoms with Crippen LogP contribution in [0.1, 0.15) is 16.5 Å². The maximum atomic E-state index is 11.7. The lowest BCUT2D eigenvalue weighted by Crippen LogP contribution is -2.54. The van der Waals surface area contributed by atoms with Gasteiger partial charge in [0.25, 0.3) is 0 Å². The summed E-state index contributed by atoms with van der Waals surface area (Å²) in [6.45, 7) is 0.953. The van der Waals surface area contributed by atoms with E-state index in [0.29, 0.717) is 13.1 Å². The number of likely N-dealkylation sites (tertiary alicyclic amines) is 1. The van der Waals surface area contributed by atoms with E-state index in [2.05, 4.69) is 20.4 Å². The molecule has 3 amide bonds. The average Bonchev–Trinajstić information content (AvgIpc) is 2.82. The summed E-state index contributed by atoms with van der Waals surface area (Å²) in [5.74, 6) is -1.15. The van der Waals surface area contributed by atoms with Gasteiger partial charge >= 0.3 is 18.1 Å². The van der Waals surface area contributed by atoms with Crippen LogP contribution >= 0.6 is 0 Å². The van der Waals surface area contributed by atoms with E-state index in [1.54, 1.807) is 0 Å². The molecule has 0 bridgehead atoms. The van der Waals surface area contributed by atoms with E-state index < -0.39 is 12.1 Å². The van der Waals surface area contributed by atoms with Crippen molar-refractivity contribution in [3.63, 3.8) is 0 Å². The zero-order chi connectivity index (χ0) is 15.4.